The van der Waals surface area contributed by atoms with Crippen LogP contribution in [0.3, 0.4) is 0 Å². The van der Waals surface area contributed by atoms with Gasteiger partial charge in [-0.25, -0.2) is 0 Å². The lowest BCUT2D eigenvalue weighted by Gasteiger charge is -2.22. The SMILES string of the molecule is CC(C)(C)NCC(=O)CNC(C)(C)C. The van der Waals surface area contributed by atoms with Crippen molar-refractivity contribution < 1.29 is 4.79 Å². The van der Waals surface area contributed by atoms with Gasteiger partial charge in [-0.15, -0.1) is 0 Å². The van der Waals surface area contributed by atoms with Crippen molar-refractivity contribution in [2.45, 2.75) is 52.6 Å². The standard InChI is InChI=1S/C11H24N2O/c1-10(2,3)12-7-9(14)8-13-11(4,5)6/h12-13H,7-8H2,1-6H3. The third-order valence-corrected chi connectivity index (χ3v) is 1.63. The Morgan fingerprint density at radius 3 is 1.36 bits per heavy atom. The number of rotatable bonds is 4. The van der Waals surface area contributed by atoms with E-state index in [1.807, 2.05) is 0 Å². The van der Waals surface area contributed by atoms with Gasteiger partial charge in [0.2, 0.25) is 0 Å². The fraction of sp³-hybridized carbons (Fsp3) is 0.909. The minimum Gasteiger partial charge on any atom is -0.305 e. The van der Waals surface area contributed by atoms with Crippen LogP contribution in [0.25, 0.3) is 0 Å². The fourth-order valence-electron chi connectivity index (χ4n) is 0.790. The molecule has 0 aromatic carbocycles. The molecule has 14 heavy (non-hydrogen) atoms. The van der Waals surface area contributed by atoms with Gasteiger partial charge < -0.3 is 10.6 Å². The number of carbonyl (C=O) groups excluding carboxylic acids is 1. The molecule has 84 valence electrons. The van der Waals surface area contributed by atoms with Crippen LogP contribution in [0.4, 0.5) is 0 Å². The minimum atomic E-state index is 0.0113. The summed E-state index contributed by atoms with van der Waals surface area (Å²) in [6, 6.07) is 0. The molecule has 0 atom stereocenters. The van der Waals surface area contributed by atoms with Gasteiger partial charge in [0.15, 0.2) is 5.78 Å². The summed E-state index contributed by atoms with van der Waals surface area (Å²) in [4.78, 5) is 11.4. The quantitative estimate of drug-likeness (QED) is 0.719. The van der Waals surface area contributed by atoms with Crippen LogP contribution in [-0.2, 0) is 4.79 Å². The molecule has 3 nitrogen and oxygen atoms in total. The van der Waals surface area contributed by atoms with Crippen LogP contribution in [0.5, 0.6) is 0 Å². The topological polar surface area (TPSA) is 41.1 Å². The molecule has 0 aliphatic carbocycles. The second-order valence-electron chi connectivity index (χ2n) is 5.75. The molecule has 2 N–H and O–H groups in total. The molecule has 0 bridgehead atoms. The van der Waals surface area contributed by atoms with Crippen LogP contribution in [0.1, 0.15) is 41.5 Å². The van der Waals surface area contributed by atoms with Crippen molar-refractivity contribution in [3.8, 4) is 0 Å². The first kappa shape index (κ1) is 13.6. The van der Waals surface area contributed by atoms with Crippen molar-refractivity contribution in [2.24, 2.45) is 0 Å². The second-order valence-corrected chi connectivity index (χ2v) is 5.75. The average Bonchev–Trinajstić information content (AvgIpc) is 1.94. The van der Waals surface area contributed by atoms with Gasteiger partial charge in [-0.3, -0.25) is 4.79 Å². The molecule has 0 saturated heterocycles. The summed E-state index contributed by atoms with van der Waals surface area (Å²) in [6.07, 6.45) is 0. The summed E-state index contributed by atoms with van der Waals surface area (Å²) in [7, 11) is 0. The van der Waals surface area contributed by atoms with Crippen LogP contribution in [0.15, 0.2) is 0 Å². The van der Waals surface area contributed by atoms with Gasteiger partial charge in [-0.05, 0) is 41.5 Å². The lowest BCUT2D eigenvalue weighted by molar-refractivity contribution is -0.118. The number of hydrogen-bond acceptors (Lipinski definition) is 3. The molecule has 0 heterocycles. The van der Waals surface area contributed by atoms with E-state index >= 15 is 0 Å². The van der Waals surface area contributed by atoms with E-state index < -0.39 is 0 Å². The fourth-order valence-corrected chi connectivity index (χ4v) is 0.790. The van der Waals surface area contributed by atoms with E-state index in [1.165, 1.54) is 0 Å². The number of hydrogen-bond donors (Lipinski definition) is 2. The Balaban J connectivity index is 3.68. The normalized spacial score (nSPS) is 13.0. The average molecular weight is 200 g/mol. The maximum absolute atomic E-state index is 11.4. The highest BCUT2D eigenvalue weighted by atomic mass is 16.1. The second kappa shape index (κ2) is 4.89. The molecule has 0 fully saturated rings. The summed E-state index contributed by atoms with van der Waals surface area (Å²) < 4.78 is 0. The third kappa shape index (κ3) is 9.68. The molecule has 0 aromatic heterocycles. The van der Waals surface area contributed by atoms with Gasteiger partial charge in [0, 0.05) is 11.1 Å². The lowest BCUT2D eigenvalue weighted by atomic mass is 10.1. The molecule has 0 spiro atoms. The van der Waals surface area contributed by atoms with Crippen molar-refractivity contribution in [3.05, 3.63) is 0 Å². The molecule has 0 amide bonds. The highest BCUT2D eigenvalue weighted by Crippen LogP contribution is 1.98. The maximum atomic E-state index is 11.4. The molecule has 0 aromatic rings. The molecular weight excluding hydrogens is 176 g/mol. The number of nitrogens with one attached hydrogen (secondary N) is 2. The molecular formula is C11H24N2O. The van der Waals surface area contributed by atoms with E-state index in [0.29, 0.717) is 13.1 Å². The third-order valence-electron chi connectivity index (χ3n) is 1.63. The van der Waals surface area contributed by atoms with E-state index in [2.05, 4.69) is 52.2 Å². The van der Waals surface area contributed by atoms with Crippen molar-refractivity contribution in [1.29, 1.82) is 0 Å². The van der Waals surface area contributed by atoms with Gasteiger partial charge in [-0.1, -0.05) is 0 Å². The Morgan fingerprint density at radius 1 is 0.857 bits per heavy atom. The Labute approximate surface area is 87.6 Å². The van der Waals surface area contributed by atoms with Crippen LogP contribution in [0.2, 0.25) is 0 Å². The lowest BCUT2D eigenvalue weighted by Crippen LogP contribution is -2.45. The molecule has 0 rings (SSSR count). The monoisotopic (exact) mass is 200 g/mol. The zero-order valence-electron chi connectivity index (χ0n) is 10.3. The predicted molar refractivity (Wildman–Crippen MR) is 60.5 cm³/mol. The van der Waals surface area contributed by atoms with Crippen molar-refractivity contribution in [1.82, 2.24) is 10.6 Å². The number of carbonyl (C=O) groups is 1. The predicted octanol–water partition coefficient (Wildman–Crippen LogP) is 1.33. The first-order chi connectivity index (χ1) is 6.10. The van der Waals surface area contributed by atoms with Gasteiger partial charge in [-0.2, -0.15) is 0 Å². The zero-order valence-corrected chi connectivity index (χ0v) is 10.3. The number of ketones is 1. The Hall–Kier alpha value is -0.410. The van der Waals surface area contributed by atoms with Gasteiger partial charge in [0.25, 0.3) is 0 Å². The summed E-state index contributed by atoms with van der Waals surface area (Å²) in [5, 5.41) is 6.34. The summed E-state index contributed by atoms with van der Waals surface area (Å²) in [5.41, 5.74) is 0.0226. The van der Waals surface area contributed by atoms with Crippen LogP contribution >= 0.6 is 0 Å². The van der Waals surface area contributed by atoms with Crippen LogP contribution in [-0.4, -0.2) is 30.0 Å². The molecule has 3 heteroatoms. The largest absolute Gasteiger partial charge is 0.305 e. The summed E-state index contributed by atoms with van der Waals surface area (Å²) in [5.74, 6) is 0.204. The van der Waals surface area contributed by atoms with E-state index in [-0.39, 0.29) is 16.9 Å². The zero-order chi connectivity index (χ0) is 11.4. The summed E-state index contributed by atoms with van der Waals surface area (Å²) in [6.45, 7) is 13.2. The highest BCUT2D eigenvalue weighted by Gasteiger charge is 2.14. The molecule has 0 saturated carbocycles. The maximum Gasteiger partial charge on any atom is 0.160 e. The van der Waals surface area contributed by atoms with E-state index in [4.69, 9.17) is 0 Å². The summed E-state index contributed by atoms with van der Waals surface area (Å²) >= 11 is 0. The molecule has 0 radical (unpaired) electrons. The van der Waals surface area contributed by atoms with Crippen molar-refractivity contribution in [2.75, 3.05) is 13.1 Å². The van der Waals surface area contributed by atoms with Crippen molar-refractivity contribution >= 4 is 5.78 Å². The van der Waals surface area contributed by atoms with Crippen LogP contribution < -0.4 is 10.6 Å². The smallest absolute Gasteiger partial charge is 0.160 e. The van der Waals surface area contributed by atoms with Crippen molar-refractivity contribution in [3.63, 3.8) is 0 Å². The minimum absolute atomic E-state index is 0.0113. The van der Waals surface area contributed by atoms with E-state index in [9.17, 15) is 4.79 Å². The van der Waals surface area contributed by atoms with Gasteiger partial charge in [0.05, 0.1) is 13.1 Å². The Kier molecular flexibility index (Phi) is 4.75. The molecule has 0 aliphatic heterocycles. The molecule has 0 aliphatic rings. The Morgan fingerprint density at radius 2 is 1.14 bits per heavy atom. The molecule has 0 unspecified atom stereocenters. The number of Topliss-reactive ketones (excluding diaryl/α,β-unsaturated/α-hetero) is 1. The Bertz CT molecular complexity index is 166. The highest BCUT2D eigenvalue weighted by molar-refractivity contribution is 5.82. The first-order valence-electron chi connectivity index (χ1n) is 5.12. The van der Waals surface area contributed by atoms with E-state index in [0.717, 1.165) is 0 Å². The van der Waals surface area contributed by atoms with Gasteiger partial charge >= 0.3 is 0 Å². The van der Waals surface area contributed by atoms with Crippen LogP contribution in [0, 0.1) is 0 Å². The van der Waals surface area contributed by atoms with E-state index in [1.54, 1.807) is 0 Å². The first-order valence-corrected chi connectivity index (χ1v) is 5.12. The van der Waals surface area contributed by atoms with Gasteiger partial charge in [0.1, 0.15) is 0 Å².